The first-order valence-electron chi connectivity index (χ1n) is 8.15. The molecule has 0 aliphatic carbocycles. The molecule has 0 bridgehead atoms. The second-order valence-corrected chi connectivity index (χ2v) is 7.32. The molecule has 2 fully saturated rings. The molecule has 1 aromatic heterocycles. The summed E-state index contributed by atoms with van der Waals surface area (Å²) in [6, 6.07) is 6.56. The average Bonchev–Trinajstić information content (AvgIpc) is 3.21. The van der Waals surface area contributed by atoms with Crippen molar-refractivity contribution in [2.75, 3.05) is 26.2 Å². The number of piperidine rings is 1. The summed E-state index contributed by atoms with van der Waals surface area (Å²) >= 11 is 1.32. The molecule has 0 saturated carbocycles. The van der Waals surface area contributed by atoms with Crippen molar-refractivity contribution in [2.45, 2.75) is 18.9 Å². The summed E-state index contributed by atoms with van der Waals surface area (Å²) < 4.78 is 14.6. The third-order valence-corrected chi connectivity index (χ3v) is 5.82. The standard InChI is InChI=1S/C17H18FN3O2S/c18-13-4-1-5-14-12(13)9-15(24-14)16(22)20-7-2-3-11(10-20)21-8-6-19-17(21)23/h1,4-5,9,11H,2-3,6-8,10H2,(H,19,23)/t11-/m1/s1. The van der Waals surface area contributed by atoms with Crippen LogP contribution in [0.4, 0.5) is 9.18 Å². The van der Waals surface area contributed by atoms with Crippen LogP contribution in [-0.4, -0.2) is 54.0 Å². The highest BCUT2D eigenvalue weighted by atomic mass is 32.1. The van der Waals surface area contributed by atoms with Crippen LogP contribution in [-0.2, 0) is 0 Å². The van der Waals surface area contributed by atoms with E-state index in [1.54, 1.807) is 17.0 Å². The maximum Gasteiger partial charge on any atom is 0.317 e. The number of carbonyl (C=O) groups excluding carboxylic acids is 2. The fraction of sp³-hybridized carbons (Fsp3) is 0.412. The average molecular weight is 347 g/mol. The largest absolute Gasteiger partial charge is 0.336 e. The van der Waals surface area contributed by atoms with E-state index >= 15 is 0 Å². The van der Waals surface area contributed by atoms with E-state index in [1.807, 2.05) is 11.0 Å². The number of carbonyl (C=O) groups is 2. The highest BCUT2D eigenvalue weighted by Crippen LogP contribution is 2.29. The zero-order valence-electron chi connectivity index (χ0n) is 13.1. The van der Waals surface area contributed by atoms with Crippen molar-refractivity contribution >= 4 is 33.4 Å². The van der Waals surface area contributed by atoms with Crippen LogP contribution < -0.4 is 5.32 Å². The molecule has 5 nitrogen and oxygen atoms in total. The Labute approximate surface area is 143 Å². The first-order valence-corrected chi connectivity index (χ1v) is 8.97. The van der Waals surface area contributed by atoms with Crippen molar-refractivity contribution in [3.05, 3.63) is 35.0 Å². The van der Waals surface area contributed by atoms with Crippen LogP contribution in [0, 0.1) is 5.82 Å². The molecule has 2 saturated heterocycles. The molecular formula is C17H18FN3O2S. The number of amides is 3. The number of thiophene rings is 1. The van der Waals surface area contributed by atoms with Crippen LogP contribution in [0.15, 0.2) is 24.3 Å². The summed E-state index contributed by atoms with van der Waals surface area (Å²) in [5.74, 6) is -0.368. The Hall–Kier alpha value is -2.15. The Bertz CT molecular complexity index is 806. The Kier molecular flexibility index (Phi) is 3.88. The minimum Gasteiger partial charge on any atom is -0.336 e. The molecule has 1 N–H and O–H groups in total. The second kappa shape index (κ2) is 6.05. The minimum absolute atomic E-state index is 0.0433. The lowest BCUT2D eigenvalue weighted by atomic mass is 10.0. The molecule has 1 atom stereocenters. The van der Waals surface area contributed by atoms with Gasteiger partial charge in [-0.15, -0.1) is 11.3 Å². The lowest BCUT2D eigenvalue weighted by Crippen LogP contribution is -2.50. The zero-order chi connectivity index (χ0) is 16.7. The van der Waals surface area contributed by atoms with Crippen LogP contribution in [0.2, 0.25) is 0 Å². The maximum absolute atomic E-state index is 13.8. The molecule has 126 valence electrons. The molecule has 7 heteroatoms. The Morgan fingerprint density at radius 2 is 2.21 bits per heavy atom. The molecule has 1 aromatic carbocycles. The smallest absolute Gasteiger partial charge is 0.317 e. The van der Waals surface area contributed by atoms with E-state index in [0.29, 0.717) is 36.4 Å². The second-order valence-electron chi connectivity index (χ2n) is 6.23. The summed E-state index contributed by atoms with van der Waals surface area (Å²) in [5.41, 5.74) is 0. The number of benzene rings is 1. The molecule has 2 aliphatic rings. The summed E-state index contributed by atoms with van der Waals surface area (Å²) in [7, 11) is 0. The van der Waals surface area contributed by atoms with Crippen molar-refractivity contribution in [2.24, 2.45) is 0 Å². The topological polar surface area (TPSA) is 52.7 Å². The van der Waals surface area contributed by atoms with Gasteiger partial charge in [0.1, 0.15) is 5.82 Å². The van der Waals surface area contributed by atoms with Crippen molar-refractivity contribution in [1.29, 1.82) is 0 Å². The van der Waals surface area contributed by atoms with Crippen LogP contribution >= 0.6 is 11.3 Å². The molecule has 0 unspecified atom stereocenters. The zero-order valence-corrected chi connectivity index (χ0v) is 13.9. The Morgan fingerprint density at radius 3 is 2.96 bits per heavy atom. The molecule has 3 amide bonds. The number of nitrogens with zero attached hydrogens (tertiary/aromatic N) is 2. The van der Waals surface area contributed by atoms with E-state index in [9.17, 15) is 14.0 Å². The third kappa shape index (κ3) is 2.62. The number of fused-ring (bicyclic) bond motifs is 1. The van der Waals surface area contributed by atoms with Crippen molar-refractivity contribution in [3.63, 3.8) is 0 Å². The van der Waals surface area contributed by atoms with E-state index in [-0.39, 0.29) is 23.8 Å². The predicted molar refractivity (Wildman–Crippen MR) is 90.8 cm³/mol. The van der Waals surface area contributed by atoms with Gasteiger partial charge >= 0.3 is 6.03 Å². The van der Waals surface area contributed by atoms with E-state index in [1.165, 1.54) is 17.4 Å². The van der Waals surface area contributed by atoms with Gasteiger partial charge in [0.15, 0.2) is 0 Å². The molecular weight excluding hydrogens is 329 g/mol. The van der Waals surface area contributed by atoms with Crippen LogP contribution in [0.1, 0.15) is 22.5 Å². The van der Waals surface area contributed by atoms with E-state index < -0.39 is 0 Å². The number of urea groups is 1. The summed E-state index contributed by atoms with van der Waals surface area (Å²) in [6.45, 7) is 2.59. The number of hydrogen-bond donors (Lipinski definition) is 1. The molecule has 0 radical (unpaired) electrons. The lowest BCUT2D eigenvalue weighted by Gasteiger charge is -2.36. The number of likely N-dealkylation sites (tertiary alicyclic amines) is 1. The number of rotatable bonds is 2. The minimum atomic E-state index is -0.298. The van der Waals surface area contributed by atoms with Crippen LogP contribution in [0.5, 0.6) is 0 Å². The van der Waals surface area contributed by atoms with Gasteiger partial charge in [0.05, 0.1) is 10.9 Å². The van der Waals surface area contributed by atoms with Gasteiger partial charge < -0.3 is 15.1 Å². The quantitative estimate of drug-likeness (QED) is 0.908. The molecule has 2 aromatic rings. The van der Waals surface area contributed by atoms with Crippen molar-refractivity contribution < 1.29 is 14.0 Å². The van der Waals surface area contributed by atoms with E-state index in [0.717, 1.165) is 17.5 Å². The van der Waals surface area contributed by atoms with Crippen molar-refractivity contribution in [1.82, 2.24) is 15.1 Å². The van der Waals surface area contributed by atoms with Crippen molar-refractivity contribution in [3.8, 4) is 0 Å². The van der Waals surface area contributed by atoms with Crippen LogP contribution in [0.3, 0.4) is 0 Å². The van der Waals surface area contributed by atoms with Gasteiger partial charge in [0.2, 0.25) is 0 Å². The first kappa shape index (κ1) is 15.4. The van der Waals surface area contributed by atoms with Gasteiger partial charge in [-0.25, -0.2) is 9.18 Å². The highest BCUT2D eigenvalue weighted by Gasteiger charge is 2.33. The SMILES string of the molecule is O=C(c1cc2c(F)cccc2s1)N1CCC[C@@H](N2CCNC2=O)C1. The van der Waals surface area contributed by atoms with Gasteiger partial charge in [0.25, 0.3) is 5.91 Å². The predicted octanol–water partition coefficient (Wildman–Crippen LogP) is 2.67. The van der Waals surface area contributed by atoms with Gasteiger partial charge in [-0.05, 0) is 31.0 Å². The number of nitrogens with one attached hydrogen (secondary N) is 1. The number of halogens is 1. The monoisotopic (exact) mass is 347 g/mol. The lowest BCUT2D eigenvalue weighted by molar-refractivity contribution is 0.0639. The van der Waals surface area contributed by atoms with E-state index in [2.05, 4.69) is 5.32 Å². The number of hydrogen-bond acceptors (Lipinski definition) is 3. The van der Waals surface area contributed by atoms with Crippen LogP contribution in [0.25, 0.3) is 10.1 Å². The van der Waals surface area contributed by atoms with Gasteiger partial charge in [-0.1, -0.05) is 6.07 Å². The van der Waals surface area contributed by atoms with E-state index in [4.69, 9.17) is 0 Å². The Balaban J connectivity index is 1.54. The highest BCUT2D eigenvalue weighted by molar-refractivity contribution is 7.20. The third-order valence-electron chi connectivity index (χ3n) is 4.73. The first-order chi connectivity index (χ1) is 11.6. The van der Waals surface area contributed by atoms with Gasteiger partial charge in [-0.3, -0.25) is 4.79 Å². The fourth-order valence-electron chi connectivity index (χ4n) is 3.51. The maximum atomic E-state index is 13.8. The van der Waals surface area contributed by atoms with Gasteiger partial charge in [-0.2, -0.15) is 0 Å². The Morgan fingerprint density at radius 1 is 1.33 bits per heavy atom. The molecule has 2 aliphatic heterocycles. The summed E-state index contributed by atoms with van der Waals surface area (Å²) in [6.07, 6.45) is 1.79. The van der Waals surface area contributed by atoms with Gasteiger partial charge in [0, 0.05) is 36.3 Å². The molecule has 4 rings (SSSR count). The molecule has 24 heavy (non-hydrogen) atoms. The normalized spacial score (nSPS) is 21.4. The fourth-order valence-corrected chi connectivity index (χ4v) is 4.56. The molecule has 0 spiro atoms. The summed E-state index contributed by atoms with van der Waals surface area (Å²) in [4.78, 5) is 28.8. The molecule has 3 heterocycles. The summed E-state index contributed by atoms with van der Waals surface area (Å²) in [5, 5.41) is 3.31.